The van der Waals surface area contributed by atoms with Crippen LogP contribution in [0.15, 0.2) is 12.7 Å². The predicted octanol–water partition coefficient (Wildman–Crippen LogP) is 2.07. The summed E-state index contributed by atoms with van der Waals surface area (Å²) in [6, 6.07) is 0. The third kappa shape index (κ3) is 2.04. The lowest BCUT2D eigenvalue weighted by Crippen LogP contribution is -2.49. The molecule has 1 aliphatic rings. The maximum Gasteiger partial charge on any atom is 0.217 e. The van der Waals surface area contributed by atoms with Crippen LogP contribution < -0.4 is 5.32 Å². The number of amides is 1. The summed E-state index contributed by atoms with van der Waals surface area (Å²) in [5.74, 6) is 0.0712. The SMILES string of the molecule is C=C[C@H]1C[C@]1(NC(C)=O)C(=O)C(C)(C)CC. The van der Waals surface area contributed by atoms with Crippen LogP contribution in [0.1, 0.15) is 40.5 Å². The highest BCUT2D eigenvalue weighted by molar-refractivity contribution is 5.99. The molecule has 0 aromatic heterocycles. The highest BCUT2D eigenvalue weighted by Crippen LogP contribution is 2.49. The third-order valence-corrected chi connectivity index (χ3v) is 3.60. The first-order chi connectivity index (χ1) is 7.30. The van der Waals surface area contributed by atoms with Crippen LogP contribution in [0.5, 0.6) is 0 Å². The van der Waals surface area contributed by atoms with Crippen LogP contribution in [0.2, 0.25) is 0 Å². The Kier molecular flexibility index (Phi) is 3.27. The molecule has 0 saturated heterocycles. The fourth-order valence-corrected chi connectivity index (χ4v) is 2.11. The standard InChI is InChI=1S/C13H21NO2/c1-6-10-8-13(10,14-9(3)15)11(16)12(4,5)7-2/h6,10H,1,7-8H2,2-5H3,(H,14,15)/t10-,13+/m0/s1. The second kappa shape index (κ2) is 4.04. The molecule has 0 spiro atoms. The van der Waals surface area contributed by atoms with Gasteiger partial charge in [0.15, 0.2) is 5.78 Å². The van der Waals surface area contributed by atoms with Gasteiger partial charge in [-0.05, 0) is 12.8 Å². The molecular formula is C13H21NO2. The quantitative estimate of drug-likeness (QED) is 0.725. The molecule has 2 atom stereocenters. The van der Waals surface area contributed by atoms with Crippen molar-refractivity contribution in [1.29, 1.82) is 0 Å². The topological polar surface area (TPSA) is 46.2 Å². The number of hydrogen-bond acceptors (Lipinski definition) is 2. The summed E-state index contributed by atoms with van der Waals surface area (Å²) in [5.41, 5.74) is -1.06. The first kappa shape index (κ1) is 12.9. The van der Waals surface area contributed by atoms with Gasteiger partial charge >= 0.3 is 0 Å². The van der Waals surface area contributed by atoms with Crippen LogP contribution in [0.25, 0.3) is 0 Å². The Morgan fingerprint density at radius 3 is 2.44 bits per heavy atom. The molecule has 0 aliphatic heterocycles. The van der Waals surface area contributed by atoms with Gasteiger partial charge in [0.2, 0.25) is 5.91 Å². The number of nitrogens with one attached hydrogen (secondary N) is 1. The molecule has 1 rings (SSSR count). The second-order valence-electron chi connectivity index (χ2n) is 5.27. The molecule has 1 amide bonds. The molecule has 0 aromatic carbocycles. The maximum absolute atomic E-state index is 12.4. The summed E-state index contributed by atoms with van der Waals surface area (Å²) in [4.78, 5) is 23.6. The van der Waals surface area contributed by atoms with E-state index in [0.29, 0.717) is 6.42 Å². The van der Waals surface area contributed by atoms with Crippen LogP contribution in [-0.4, -0.2) is 17.2 Å². The molecule has 0 heterocycles. The smallest absolute Gasteiger partial charge is 0.217 e. The number of hydrogen-bond donors (Lipinski definition) is 1. The maximum atomic E-state index is 12.4. The normalized spacial score (nSPS) is 28.4. The van der Waals surface area contributed by atoms with E-state index in [9.17, 15) is 9.59 Å². The van der Waals surface area contributed by atoms with Gasteiger partial charge in [-0.15, -0.1) is 6.58 Å². The van der Waals surface area contributed by atoms with Gasteiger partial charge in [-0.3, -0.25) is 9.59 Å². The van der Waals surface area contributed by atoms with Gasteiger partial charge < -0.3 is 5.32 Å². The highest BCUT2D eigenvalue weighted by Gasteiger charge is 2.61. The lowest BCUT2D eigenvalue weighted by atomic mass is 9.80. The Bertz CT molecular complexity index is 333. The molecule has 1 N–H and O–H groups in total. The zero-order valence-electron chi connectivity index (χ0n) is 10.6. The molecule has 3 nitrogen and oxygen atoms in total. The molecule has 0 radical (unpaired) electrons. The van der Waals surface area contributed by atoms with Gasteiger partial charge in [0.25, 0.3) is 0 Å². The highest BCUT2D eigenvalue weighted by atomic mass is 16.2. The third-order valence-electron chi connectivity index (χ3n) is 3.60. The average Bonchev–Trinajstić information content (AvgIpc) is 2.90. The van der Waals surface area contributed by atoms with Crippen LogP contribution in [0.4, 0.5) is 0 Å². The number of rotatable bonds is 5. The van der Waals surface area contributed by atoms with Crippen LogP contribution >= 0.6 is 0 Å². The van der Waals surface area contributed by atoms with Crippen molar-refractivity contribution in [3.05, 3.63) is 12.7 Å². The van der Waals surface area contributed by atoms with E-state index >= 15 is 0 Å². The largest absolute Gasteiger partial charge is 0.343 e. The molecule has 0 unspecified atom stereocenters. The minimum absolute atomic E-state index is 0.0923. The summed E-state index contributed by atoms with van der Waals surface area (Å²) in [6.45, 7) is 11.0. The van der Waals surface area contributed by atoms with Crippen LogP contribution in [-0.2, 0) is 9.59 Å². The number of carbonyl (C=O) groups excluding carboxylic acids is 2. The van der Waals surface area contributed by atoms with E-state index in [4.69, 9.17) is 0 Å². The molecule has 0 aromatic rings. The molecule has 1 saturated carbocycles. The van der Waals surface area contributed by atoms with E-state index in [-0.39, 0.29) is 23.0 Å². The van der Waals surface area contributed by atoms with Crippen molar-refractivity contribution in [2.45, 2.75) is 46.1 Å². The first-order valence-electron chi connectivity index (χ1n) is 5.76. The van der Waals surface area contributed by atoms with E-state index in [1.807, 2.05) is 20.8 Å². The molecule has 1 aliphatic carbocycles. The second-order valence-corrected chi connectivity index (χ2v) is 5.27. The zero-order chi connectivity index (χ0) is 12.6. The molecule has 3 heteroatoms. The number of ketones is 1. The van der Waals surface area contributed by atoms with Crippen molar-refractivity contribution in [2.24, 2.45) is 11.3 Å². The lowest BCUT2D eigenvalue weighted by Gasteiger charge is -2.28. The minimum Gasteiger partial charge on any atom is -0.343 e. The van der Waals surface area contributed by atoms with Crippen LogP contribution in [0.3, 0.4) is 0 Å². The van der Waals surface area contributed by atoms with Crippen molar-refractivity contribution in [3.63, 3.8) is 0 Å². The van der Waals surface area contributed by atoms with E-state index in [1.54, 1.807) is 6.08 Å². The van der Waals surface area contributed by atoms with Crippen molar-refractivity contribution >= 4 is 11.7 Å². The fraction of sp³-hybridized carbons (Fsp3) is 0.692. The van der Waals surface area contributed by atoms with Crippen molar-refractivity contribution in [1.82, 2.24) is 5.32 Å². The molecule has 16 heavy (non-hydrogen) atoms. The van der Waals surface area contributed by atoms with Gasteiger partial charge in [0.05, 0.1) is 0 Å². The summed E-state index contributed by atoms with van der Waals surface area (Å²) >= 11 is 0. The Balaban J connectivity index is 2.93. The molecule has 90 valence electrons. The Labute approximate surface area is 97.3 Å². The predicted molar refractivity (Wildman–Crippen MR) is 63.9 cm³/mol. The Morgan fingerprint density at radius 1 is 1.56 bits per heavy atom. The van der Waals surface area contributed by atoms with Crippen molar-refractivity contribution in [3.8, 4) is 0 Å². The van der Waals surface area contributed by atoms with Crippen LogP contribution in [0, 0.1) is 11.3 Å². The van der Waals surface area contributed by atoms with Gasteiger partial charge in [-0.25, -0.2) is 0 Å². The summed E-state index contributed by atoms with van der Waals surface area (Å²) in [5, 5.41) is 2.81. The first-order valence-corrected chi connectivity index (χ1v) is 5.76. The van der Waals surface area contributed by atoms with E-state index in [2.05, 4.69) is 11.9 Å². The fourth-order valence-electron chi connectivity index (χ4n) is 2.11. The molecule has 1 fully saturated rings. The van der Waals surface area contributed by atoms with Gasteiger partial charge in [0, 0.05) is 18.3 Å². The Hall–Kier alpha value is -1.12. The van der Waals surface area contributed by atoms with E-state index in [0.717, 1.165) is 6.42 Å². The van der Waals surface area contributed by atoms with E-state index in [1.165, 1.54) is 6.92 Å². The van der Waals surface area contributed by atoms with Crippen molar-refractivity contribution < 1.29 is 9.59 Å². The number of Topliss-reactive ketones (excluding diaryl/α,β-unsaturated/α-hetero) is 1. The number of carbonyl (C=O) groups is 2. The van der Waals surface area contributed by atoms with Gasteiger partial charge in [0.1, 0.15) is 5.54 Å². The summed E-state index contributed by atoms with van der Waals surface area (Å²) in [7, 11) is 0. The summed E-state index contributed by atoms with van der Waals surface area (Å²) in [6.07, 6.45) is 3.23. The molecule has 0 bridgehead atoms. The average molecular weight is 223 g/mol. The van der Waals surface area contributed by atoms with Gasteiger partial charge in [-0.2, -0.15) is 0 Å². The Morgan fingerprint density at radius 2 is 2.12 bits per heavy atom. The van der Waals surface area contributed by atoms with Gasteiger partial charge in [-0.1, -0.05) is 26.8 Å². The summed E-state index contributed by atoms with van der Waals surface area (Å²) < 4.78 is 0. The monoisotopic (exact) mass is 223 g/mol. The molecular weight excluding hydrogens is 202 g/mol. The zero-order valence-corrected chi connectivity index (χ0v) is 10.6. The van der Waals surface area contributed by atoms with E-state index < -0.39 is 5.54 Å². The minimum atomic E-state index is -0.674. The van der Waals surface area contributed by atoms with Crippen molar-refractivity contribution in [2.75, 3.05) is 0 Å². The lowest BCUT2D eigenvalue weighted by molar-refractivity contribution is -0.134.